The number of nitrogens with zero attached hydrogens (tertiary/aromatic N) is 1. The molecule has 1 aromatic carbocycles. The van der Waals surface area contributed by atoms with Crippen molar-refractivity contribution in [2.75, 3.05) is 13.1 Å². The molecule has 1 aromatic rings. The highest BCUT2D eigenvalue weighted by Gasteiger charge is 2.49. The normalized spacial score (nSPS) is 18.5. The molecule has 6 nitrogen and oxygen atoms in total. The average molecular weight is 313 g/mol. The van der Waals surface area contributed by atoms with Gasteiger partial charge in [-0.15, -0.1) is 0 Å². The summed E-state index contributed by atoms with van der Waals surface area (Å²) in [4.78, 5) is 11.0. The van der Waals surface area contributed by atoms with E-state index in [4.69, 9.17) is 5.11 Å². The highest BCUT2D eigenvalue weighted by molar-refractivity contribution is 7.89. The summed E-state index contributed by atoms with van der Waals surface area (Å²) < 4.78 is 26.3. The van der Waals surface area contributed by atoms with E-state index < -0.39 is 21.6 Å². The molecule has 0 radical (unpaired) electrons. The van der Waals surface area contributed by atoms with E-state index in [-0.39, 0.29) is 29.5 Å². The Morgan fingerprint density at radius 3 is 2.38 bits per heavy atom. The van der Waals surface area contributed by atoms with E-state index >= 15 is 0 Å². The fraction of sp³-hybridized carbons (Fsp3) is 0.500. The fourth-order valence-corrected chi connectivity index (χ4v) is 4.07. The molecule has 0 spiro atoms. The first-order valence-corrected chi connectivity index (χ1v) is 8.08. The molecule has 0 amide bonds. The van der Waals surface area contributed by atoms with Crippen LogP contribution in [0.15, 0.2) is 23.1 Å². The summed E-state index contributed by atoms with van der Waals surface area (Å²) in [5.74, 6) is -1.22. The first kappa shape index (κ1) is 15.9. The first-order valence-electron chi connectivity index (χ1n) is 6.64. The summed E-state index contributed by atoms with van der Waals surface area (Å²) in [5.41, 5.74) is -0.593. The van der Waals surface area contributed by atoms with E-state index in [1.54, 1.807) is 6.92 Å². The van der Waals surface area contributed by atoms with Crippen LogP contribution in [0.25, 0.3) is 0 Å². The molecule has 1 aliphatic heterocycles. The van der Waals surface area contributed by atoms with Crippen molar-refractivity contribution in [2.45, 2.75) is 31.3 Å². The van der Waals surface area contributed by atoms with Gasteiger partial charge in [-0.3, -0.25) is 0 Å². The maximum atomic E-state index is 12.5. The molecule has 0 aromatic heterocycles. The molecule has 1 aliphatic rings. The Morgan fingerprint density at radius 2 is 1.90 bits per heavy atom. The second-order valence-electron chi connectivity index (χ2n) is 5.82. The van der Waals surface area contributed by atoms with Crippen LogP contribution in [0.5, 0.6) is 0 Å². The van der Waals surface area contributed by atoms with Crippen LogP contribution < -0.4 is 0 Å². The smallest absolute Gasteiger partial charge is 0.335 e. The summed E-state index contributed by atoms with van der Waals surface area (Å²) in [6, 6.07) is 4.02. The van der Waals surface area contributed by atoms with Crippen LogP contribution in [0, 0.1) is 12.8 Å². The predicted molar refractivity (Wildman–Crippen MR) is 76.7 cm³/mol. The number of benzene rings is 1. The van der Waals surface area contributed by atoms with Crippen molar-refractivity contribution in [2.24, 2.45) is 5.92 Å². The van der Waals surface area contributed by atoms with Crippen LogP contribution in [0.3, 0.4) is 0 Å². The van der Waals surface area contributed by atoms with E-state index in [1.165, 1.54) is 22.5 Å². The number of hydrogen-bond donors (Lipinski definition) is 2. The molecule has 116 valence electrons. The molecule has 0 atom stereocenters. The van der Waals surface area contributed by atoms with E-state index in [2.05, 4.69) is 0 Å². The van der Waals surface area contributed by atoms with Crippen molar-refractivity contribution >= 4 is 16.0 Å². The lowest BCUT2D eigenvalue weighted by atomic mass is 9.85. The predicted octanol–water partition coefficient (Wildman–Crippen LogP) is 1.08. The number of rotatable bonds is 4. The van der Waals surface area contributed by atoms with E-state index in [0.717, 1.165) is 0 Å². The average Bonchev–Trinajstić information content (AvgIpc) is 2.34. The Labute approximate surface area is 124 Å². The molecule has 0 unspecified atom stereocenters. The highest BCUT2D eigenvalue weighted by Crippen LogP contribution is 2.34. The zero-order chi connectivity index (χ0) is 16.0. The third-order valence-corrected chi connectivity index (χ3v) is 5.96. The van der Waals surface area contributed by atoms with Crippen molar-refractivity contribution in [3.8, 4) is 0 Å². The number of sulfonamides is 1. The minimum Gasteiger partial charge on any atom is -0.478 e. The number of β-amino-alcohol motifs (C(OH)–C–C–N with tert-alkyl or cyclic N) is 1. The third kappa shape index (κ3) is 2.68. The van der Waals surface area contributed by atoms with Gasteiger partial charge in [0, 0.05) is 13.1 Å². The maximum absolute atomic E-state index is 12.5. The molecule has 0 saturated carbocycles. The number of aromatic carboxylic acids is 1. The molecular formula is C14H19NO5S. The van der Waals surface area contributed by atoms with Gasteiger partial charge in [0.1, 0.15) is 0 Å². The van der Waals surface area contributed by atoms with Gasteiger partial charge in [-0.2, -0.15) is 4.31 Å². The van der Waals surface area contributed by atoms with Crippen molar-refractivity contribution in [1.82, 2.24) is 4.31 Å². The van der Waals surface area contributed by atoms with Crippen molar-refractivity contribution in [3.63, 3.8) is 0 Å². The minimum atomic E-state index is -3.78. The molecule has 0 bridgehead atoms. The van der Waals surface area contributed by atoms with Gasteiger partial charge in [-0.05, 0) is 30.5 Å². The number of aryl methyl sites for hydroxylation is 1. The molecule has 21 heavy (non-hydrogen) atoms. The van der Waals surface area contributed by atoms with Gasteiger partial charge in [-0.1, -0.05) is 19.9 Å². The van der Waals surface area contributed by atoms with Crippen molar-refractivity contribution in [1.29, 1.82) is 0 Å². The Morgan fingerprint density at radius 1 is 1.33 bits per heavy atom. The van der Waals surface area contributed by atoms with Gasteiger partial charge >= 0.3 is 5.97 Å². The summed E-state index contributed by atoms with van der Waals surface area (Å²) >= 11 is 0. The molecule has 1 heterocycles. The molecule has 2 N–H and O–H groups in total. The van der Waals surface area contributed by atoms with Gasteiger partial charge < -0.3 is 10.2 Å². The van der Waals surface area contributed by atoms with Crippen LogP contribution in [-0.4, -0.2) is 47.6 Å². The number of aliphatic hydroxyl groups is 1. The van der Waals surface area contributed by atoms with Crippen LogP contribution in [0.4, 0.5) is 0 Å². The van der Waals surface area contributed by atoms with E-state index in [1.807, 2.05) is 13.8 Å². The second-order valence-corrected chi connectivity index (χ2v) is 7.72. The van der Waals surface area contributed by atoms with Gasteiger partial charge in [-0.25, -0.2) is 13.2 Å². The summed E-state index contributed by atoms with van der Waals surface area (Å²) in [7, 11) is -3.78. The second kappa shape index (κ2) is 5.08. The standard InChI is InChI=1S/C14H19NO5S/c1-9(2)14(18)7-15(8-14)21(19,20)12-6-11(13(16)17)5-4-10(12)3/h4-6,9,18H,7-8H2,1-3H3,(H,16,17). The Kier molecular flexibility index (Phi) is 3.86. The molecule has 2 rings (SSSR count). The van der Waals surface area contributed by atoms with Gasteiger partial charge in [0.25, 0.3) is 0 Å². The topological polar surface area (TPSA) is 94.9 Å². The lowest BCUT2D eigenvalue weighted by molar-refractivity contribution is -0.0932. The van der Waals surface area contributed by atoms with E-state index in [0.29, 0.717) is 5.56 Å². The van der Waals surface area contributed by atoms with Crippen LogP contribution in [0.2, 0.25) is 0 Å². The lowest BCUT2D eigenvalue weighted by Crippen LogP contribution is -2.65. The summed E-state index contributed by atoms with van der Waals surface area (Å²) in [6.07, 6.45) is 0. The highest BCUT2D eigenvalue weighted by atomic mass is 32.2. The minimum absolute atomic E-state index is 0.0202. The summed E-state index contributed by atoms with van der Waals surface area (Å²) in [6.45, 7) is 5.35. The quantitative estimate of drug-likeness (QED) is 0.867. The number of carbonyl (C=O) groups is 1. The van der Waals surface area contributed by atoms with Crippen molar-refractivity contribution in [3.05, 3.63) is 29.3 Å². The monoisotopic (exact) mass is 313 g/mol. The Balaban J connectivity index is 2.34. The van der Waals surface area contributed by atoms with Crippen molar-refractivity contribution < 1.29 is 23.4 Å². The molecular weight excluding hydrogens is 294 g/mol. The number of hydrogen-bond acceptors (Lipinski definition) is 4. The van der Waals surface area contributed by atoms with Gasteiger partial charge in [0.2, 0.25) is 10.0 Å². The van der Waals surface area contributed by atoms with Crippen LogP contribution >= 0.6 is 0 Å². The third-order valence-electron chi connectivity index (χ3n) is 4.03. The molecule has 1 fully saturated rings. The summed E-state index contributed by atoms with van der Waals surface area (Å²) in [5, 5.41) is 19.2. The van der Waals surface area contributed by atoms with E-state index in [9.17, 15) is 18.3 Å². The van der Waals surface area contributed by atoms with Crippen LogP contribution in [-0.2, 0) is 10.0 Å². The first-order chi connectivity index (χ1) is 9.58. The van der Waals surface area contributed by atoms with Gasteiger partial charge in [0.05, 0.1) is 16.1 Å². The zero-order valence-corrected chi connectivity index (χ0v) is 13.0. The maximum Gasteiger partial charge on any atom is 0.335 e. The lowest BCUT2D eigenvalue weighted by Gasteiger charge is -2.48. The Bertz CT molecular complexity index is 675. The molecule has 7 heteroatoms. The van der Waals surface area contributed by atoms with Crippen LogP contribution in [0.1, 0.15) is 29.8 Å². The Hall–Kier alpha value is -1.44. The molecule has 1 saturated heterocycles. The SMILES string of the molecule is Cc1ccc(C(=O)O)cc1S(=O)(=O)N1CC(O)(C(C)C)C1. The molecule has 0 aliphatic carbocycles. The number of carboxylic acid groups (broad SMARTS) is 1. The van der Waals surface area contributed by atoms with Gasteiger partial charge in [0.15, 0.2) is 0 Å². The fourth-order valence-electron chi connectivity index (χ4n) is 2.25. The largest absolute Gasteiger partial charge is 0.478 e. The number of carboxylic acids is 1. The zero-order valence-electron chi connectivity index (χ0n) is 12.2.